The Morgan fingerprint density at radius 3 is 2.38 bits per heavy atom. The van der Waals surface area contributed by atoms with Gasteiger partial charge in [0.05, 0.1) is 6.04 Å². The number of hydrogen-bond acceptors (Lipinski definition) is 5. The summed E-state index contributed by atoms with van der Waals surface area (Å²) >= 11 is 1.18. The highest BCUT2D eigenvalue weighted by Gasteiger charge is 2.40. The van der Waals surface area contributed by atoms with E-state index in [1.807, 2.05) is 60.7 Å². The molecule has 2 heterocycles. The topological polar surface area (TPSA) is 59.3 Å². The van der Waals surface area contributed by atoms with Gasteiger partial charge in [-0.1, -0.05) is 72.6 Å². The first kappa shape index (κ1) is 16.8. The van der Waals surface area contributed by atoms with Crippen LogP contribution < -0.4 is 4.72 Å². The number of ketones is 2. The van der Waals surface area contributed by atoms with Gasteiger partial charge in [0.2, 0.25) is 5.78 Å². The van der Waals surface area contributed by atoms with E-state index in [4.69, 9.17) is 4.42 Å². The zero-order chi connectivity index (χ0) is 17.9. The molecule has 1 N–H and O–H groups in total. The van der Waals surface area contributed by atoms with Crippen LogP contribution in [0.2, 0.25) is 0 Å². The number of carbonyl (C=O) groups is 2. The van der Waals surface area contributed by atoms with Crippen molar-refractivity contribution in [1.29, 1.82) is 0 Å². The highest BCUT2D eigenvalue weighted by Crippen LogP contribution is 2.28. The second kappa shape index (κ2) is 7.32. The van der Waals surface area contributed by atoms with Gasteiger partial charge in [-0.3, -0.25) is 14.3 Å². The molecule has 1 aliphatic heterocycles. The molecule has 0 radical (unpaired) electrons. The maximum absolute atomic E-state index is 12.7. The molecular weight excluding hydrogens is 346 g/mol. The van der Waals surface area contributed by atoms with Crippen molar-refractivity contribution in [3.63, 3.8) is 0 Å². The second-order valence-electron chi connectivity index (χ2n) is 6.15. The molecule has 1 fully saturated rings. The Labute approximate surface area is 155 Å². The smallest absolute Gasteiger partial charge is 0.219 e. The van der Waals surface area contributed by atoms with Crippen LogP contribution in [-0.4, -0.2) is 22.9 Å². The zero-order valence-electron chi connectivity index (χ0n) is 13.9. The second-order valence-corrected chi connectivity index (χ2v) is 7.10. The van der Waals surface area contributed by atoms with E-state index in [9.17, 15) is 9.59 Å². The Morgan fingerprint density at radius 1 is 0.962 bits per heavy atom. The lowest BCUT2D eigenvalue weighted by Gasteiger charge is -2.08. The summed E-state index contributed by atoms with van der Waals surface area (Å²) in [5, 5.41) is -0.765. The summed E-state index contributed by atoms with van der Waals surface area (Å²) in [6, 6.07) is 22.4. The normalized spacial score (nSPS) is 19.6. The van der Waals surface area contributed by atoms with E-state index in [1.165, 1.54) is 11.9 Å². The summed E-state index contributed by atoms with van der Waals surface area (Å²) in [6.45, 7) is 0. The molecule has 2 atom stereocenters. The predicted molar refractivity (Wildman–Crippen MR) is 102 cm³/mol. The number of furan rings is 1. The van der Waals surface area contributed by atoms with E-state index in [2.05, 4.69) is 4.72 Å². The average molecular weight is 363 g/mol. The van der Waals surface area contributed by atoms with Gasteiger partial charge in [0.25, 0.3) is 0 Å². The maximum atomic E-state index is 12.7. The zero-order valence-corrected chi connectivity index (χ0v) is 14.7. The summed E-state index contributed by atoms with van der Waals surface area (Å²) < 4.78 is 8.80. The monoisotopic (exact) mass is 363 g/mol. The highest BCUT2D eigenvalue weighted by molar-refractivity contribution is 8.00. The number of hydrogen-bond donors (Lipinski definition) is 1. The third kappa shape index (κ3) is 3.36. The molecule has 1 aliphatic rings. The van der Waals surface area contributed by atoms with Gasteiger partial charge in [0.1, 0.15) is 11.0 Å². The molecule has 3 aromatic rings. The molecule has 130 valence electrons. The van der Waals surface area contributed by atoms with Crippen molar-refractivity contribution < 1.29 is 14.0 Å². The lowest BCUT2D eigenvalue weighted by Crippen LogP contribution is -2.33. The van der Waals surface area contributed by atoms with Gasteiger partial charge in [-0.05, 0) is 24.1 Å². The van der Waals surface area contributed by atoms with Crippen molar-refractivity contribution in [3.05, 3.63) is 84.1 Å². The summed E-state index contributed by atoms with van der Waals surface area (Å²) in [5.41, 5.74) is 1.97. The van der Waals surface area contributed by atoms with Crippen LogP contribution in [0.5, 0.6) is 0 Å². The van der Waals surface area contributed by atoms with Crippen molar-refractivity contribution in [2.24, 2.45) is 0 Å². The van der Waals surface area contributed by atoms with Gasteiger partial charge in [-0.2, -0.15) is 0 Å². The molecule has 1 aromatic heterocycles. The van der Waals surface area contributed by atoms with Gasteiger partial charge < -0.3 is 4.42 Å². The van der Waals surface area contributed by atoms with E-state index >= 15 is 0 Å². The number of Topliss-reactive ketones (excluding diaryl/α,β-unsaturated/α-hetero) is 2. The first-order chi connectivity index (χ1) is 12.7. The first-order valence-electron chi connectivity index (χ1n) is 8.40. The lowest BCUT2D eigenvalue weighted by atomic mass is 9.99. The fraction of sp³-hybridized carbons (Fsp3) is 0.143. The number of carbonyl (C=O) groups excluding carboxylic acids is 2. The molecule has 0 amide bonds. The molecule has 0 saturated carbocycles. The summed E-state index contributed by atoms with van der Waals surface area (Å²) in [4.78, 5) is 25.4. The number of nitrogens with one attached hydrogen (secondary N) is 1. The van der Waals surface area contributed by atoms with E-state index in [0.29, 0.717) is 12.2 Å². The minimum absolute atomic E-state index is 0.0958. The molecule has 2 aromatic carbocycles. The van der Waals surface area contributed by atoms with Crippen LogP contribution in [0.1, 0.15) is 16.1 Å². The number of rotatable bonds is 5. The largest absolute Gasteiger partial charge is 0.453 e. The van der Waals surface area contributed by atoms with Gasteiger partial charge >= 0.3 is 0 Å². The number of benzene rings is 2. The molecule has 0 aliphatic carbocycles. The Kier molecular flexibility index (Phi) is 4.73. The minimum Gasteiger partial charge on any atom is -0.453 e. The summed E-state index contributed by atoms with van der Waals surface area (Å²) in [5.74, 6) is 0.460. The Hall–Kier alpha value is -2.63. The van der Waals surface area contributed by atoms with Crippen LogP contribution in [0.4, 0.5) is 0 Å². The third-order valence-corrected chi connectivity index (χ3v) is 5.46. The average Bonchev–Trinajstić information content (AvgIpc) is 3.31. The van der Waals surface area contributed by atoms with Gasteiger partial charge in [-0.15, -0.1) is 0 Å². The Balaban J connectivity index is 1.47. The Bertz CT molecular complexity index is 921. The standard InChI is InChI=1S/C21H17NO3S/c23-19-16(13-14-7-3-1-4-8-14)22-26-21(19)20(24)18-12-11-17(25-18)15-9-5-2-6-10-15/h1-12,16,21-22H,13H2. The van der Waals surface area contributed by atoms with Crippen molar-refractivity contribution in [3.8, 4) is 11.3 Å². The molecule has 4 rings (SSSR count). The first-order valence-corrected chi connectivity index (χ1v) is 9.28. The molecule has 5 heteroatoms. The van der Waals surface area contributed by atoms with Crippen LogP contribution >= 0.6 is 11.9 Å². The molecule has 0 bridgehead atoms. The van der Waals surface area contributed by atoms with Crippen LogP contribution in [0, 0.1) is 0 Å². The van der Waals surface area contributed by atoms with Gasteiger partial charge in [-0.25, -0.2) is 0 Å². The van der Waals surface area contributed by atoms with Crippen LogP contribution in [0.25, 0.3) is 11.3 Å². The maximum Gasteiger partial charge on any atom is 0.219 e. The van der Waals surface area contributed by atoms with Crippen LogP contribution in [0.3, 0.4) is 0 Å². The van der Waals surface area contributed by atoms with Gasteiger partial charge in [0, 0.05) is 5.56 Å². The van der Waals surface area contributed by atoms with Crippen molar-refractivity contribution in [1.82, 2.24) is 4.72 Å². The fourth-order valence-corrected chi connectivity index (χ4v) is 3.98. The summed E-state index contributed by atoms with van der Waals surface area (Å²) in [7, 11) is 0. The van der Waals surface area contributed by atoms with E-state index in [1.54, 1.807) is 12.1 Å². The highest BCUT2D eigenvalue weighted by atomic mass is 32.2. The molecule has 26 heavy (non-hydrogen) atoms. The quantitative estimate of drug-likeness (QED) is 0.423. The Morgan fingerprint density at radius 2 is 1.65 bits per heavy atom. The molecule has 4 nitrogen and oxygen atoms in total. The van der Waals surface area contributed by atoms with Crippen molar-refractivity contribution >= 4 is 23.5 Å². The minimum atomic E-state index is -0.765. The molecule has 0 spiro atoms. The SMILES string of the molecule is O=C(c1ccc(-c2ccccc2)o1)C1SNC(Cc2ccccc2)C1=O. The van der Waals surface area contributed by atoms with Gasteiger partial charge in [0.15, 0.2) is 11.5 Å². The predicted octanol–water partition coefficient (Wildman–Crippen LogP) is 3.93. The third-order valence-electron chi connectivity index (χ3n) is 4.36. The van der Waals surface area contributed by atoms with E-state index in [0.717, 1.165) is 11.1 Å². The lowest BCUT2D eigenvalue weighted by molar-refractivity contribution is -0.118. The molecular formula is C21H17NO3S. The fourth-order valence-electron chi connectivity index (χ4n) is 2.98. The summed E-state index contributed by atoms with van der Waals surface area (Å²) in [6.07, 6.45) is 0.573. The van der Waals surface area contributed by atoms with E-state index in [-0.39, 0.29) is 23.4 Å². The van der Waals surface area contributed by atoms with Crippen LogP contribution in [0.15, 0.2) is 77.2 Å². The van der Waals surface area contributed by atoms with E-state index < -0.39 is 5.25 Å². The van der Waals surface area contributed by atoms with Crippen molar-refractivity contribution in [2.45, 2.75) is 17.7 Å². The van der Waals surface area contributed by atoms with Crippen molar-refractivity contribution in [2.75, 3.05) is 0 Å². The van der Waals surface area contributed by atoms with Crippen LogP contribution in [-0.2, 0) is 11.2 Å². The molecule has 2 unspecified atom stereocenters. The molecule has 1 saturated heterocycles.